The van der Waals surface area contributed by atoms with Crippen molar-refractivity contribution < 1.29 is 4.79 Å². The summed E-state index contributed by atoms with van der Waals surface area (Å²) in [6.07, 6.45) is 2.14. The van der Waals surface area contributed by atoms with Crippen LogP contribution < -0.4 is 4.90 Å². The molecule has 0 aromatic heterocycles. The Labute approximate surface area is 109 Å². The van der Waals surface area contributed by atoms with Crippen LogP contribution in [0.25, 0.3) is 0 Å². The summed E-state index contributed by atoms with van der Waals surface area (Å²) in [6.45, 7) is 2.09. The molecule has 16 heavy (non-hydrogen) atoms. The normalized spacial score (nSPS) is 16.9. The van der Waals surface area contributed by atoms with Crippen LogP contribution in [0.4, 0.5) is 5.69 Å². The lowest BCUT2D eigenvalue weighted by molar-refractivity contribution is 0.112. The average Bonchev–Trinajstić information content (AvgIpc) is 2.57. The quantitative estimate of drug-likeness (QED) is 0.782. The summed E-state index contributed by atoms with van der Waals surface area (Å²) in [4.78, 5) is 13.4. The van der Waals surface area contributed by atoms with Gasteiger partial charge in [-0.15, -0.1) is 0 Å². The van der Waals surface area contributed by atoms with E-state index in [0.717, 1.165) is 40.9 Å². The van der Waals surface area contributed by atoms with Crippen LogP contribution in [0.2, 0.25) is 0 Å². The number of rotatable bonds is 2. The second kappa shape index (κ2) is 5.73. The van der Waals surface area contributed by atoms with Crippen LogP contribution in [-0.2, 0) is 0 Å². The molecular weight excluding hydrogens is 286 g/mol. The number of anilines is 1. The Kier molecular flexibility index (Phi) is 4.29. The van der Waals surface area contributed by atoms with Crippen molar-refractivity contribution in [1.82, 2.24) is 0 Å². The van der Waals surface area contributed by atoms with Gasteiger partial charge in [-0.25, -0.2) is 0 Å². The molecule has 0 radical (unpaired) electrons. The number of halogens is 1. The van der Waals surface area contributed by atoms with Gasteiger partial charge < -0.3 is 4.90 Å². The molecule has 0 saturated carbocycles. The first-order valence-corrected chi connectivity index (χ1v) is 7.33. The lowest BCUT2D eigenvalue weighted by atomic mass is 10.1. The Bertz CT molecular complexity index is 375. The van der Waals surface area contributed by atoms with E-state index in [4.69, 9.17) is 0 Å². The number of nitrogens with zero attached hydrogens (tertiary/aromatic N) is 1. The molecule has 4 heteroatoms. The highest BCUT2D eigenvalue weighted by Gasteiger charge is 2.13. The predicted octanol–water partition coefficient (Wildman–Crippen LogP) is 3.20. The van der Waals surface area contributed by atoms with Crippen molar-refractivity contribution in [2.24, 2.45) is 0 Å². The van der Waals surface area contributed by atoms with E-state index in [1.807, 2.05) is 30.0 Å². The van der Waals surface area contributed by atoms with Crippen molar-refractivity contribution in [3.8, 4) is 0 Å². The fourth-order valence-corrected chi connectivity index (χ4v) is 3.16. The summed E-state index contributed by atoms with van der Waals surface area (Å²) < 4.78 is 0.961. The maximum atomic E-state index is 11.1. The average molecular weight is 300 g/mol. The molecule has 86 valence electrons. The van der Waals surface area contributed by atoms with Crippen LogP contribution in [-0.4, -0.2) is 30.9 Å². The first kappa shape index (κ1) is 12.0. The molecule has 1 fully saturated rings. The zero-order valence-electron chi connectivity index (χ0n) is 8.99. The number of benzene rings is 1. The number of carbonyl (C=O) groups excluding carboxylic acids is 1. The van der Waals surface area contributed by atoms with Gasteiger partial charge in [-0.3, -0.25) is 4.79 Å². The maximum absolute atomic E-state index is 11.1. The lowest BCUT2D eigenvalue weighted by Crippen LogP contribution is -2.26. The van der Waals surface area contributed by atoms with E-state index < -0.39 is 0 Å². The van der Waals surface area contributed by atoms with E-state index in [9.17, 15) is 4.79 Å². The Balaban J connectivity index is 2.26. The zero-order valence-corrected chi connectivity index (χ0v) is 11.4. The van der Waals surface area contributed by atoms with E-state index >= 15 is 0 Å². The van der Waals surface area contributed by atoms with Crippen molar-refractivity contribution in [2.75, 3.05) is 29.5 Å². The van der Waals surface area contributed by atoms with Gasteiger partial charge in [0.05, 0.1) is 0 Å². The van der Waals surface area contributed by atoms with Crippen LogP contribution >= 0.6 is 27.7 Å². The largest absolute Gasteiger partial charge is 0.370 e. The Morgan fingerprint density at radius 2 is 2.19 bits per heavy atom. The van der Waals surface area contributed by atoms with E-state index in [1.165, 1.54) is 12.2 Å². The molecule has 1 aliphatic heterocycles. The first-order valence-electron chi connectivity index (χ1n) is 5.38. The summed E-state index contributed by atoms with van der Waals surface area (Å²) in [5.41, 5.74) is 1.85. The minimum Gasteiger partial charge on any atom is -0.370 e. The third-order valence-electron chi connectivity index (χ3n) is 2.68. The second-order valence-electron chi connectivity index (χ2n) is 3.77. The third kappa shape index (κ3) is 2.80. The van der Waals surface area contributed by atoms with Crippen LogP contribution in [0.5, 0.6) is 0 Å². The summed E-state index contributed by atoms with van der Waals surface area (Å²) >= 11 is 5.39. The van der Waals surface area contributed by atoms with Crippen molar-refractivity contribution in [2.45, 2.75) is 6.42 Å². The highest BCUT2D eigenvalue weighted by Crippen LogP contribution is 2.25. The summed E-state index contributed by atoms with van der Waals surface area (Å²) in [5.74, 6) is 2.37. The number of aldehydes is 1. The van der Waals surface area contributed by atoms with Crippen molar-refractivity contribution in [3.05, 3.63) is 28.2 Å². The summed E-state index contributed by atoms with van der Waals surface area (Å²) in [6, 6.07) is 5.92. The van der Waals surface area contributed by atoms with Gasteiger partial charge in [-0.2, -0.15) is 11.8 Å². The molecule has 0 spiro atoms. The van der Waals surface area contributed by atoms with Crippen molar-refractivity contribution in [3.63, 3.8) is 0 Å². The van der Waals surface area contributed by atoms with Crippen molar-refractivity contribution >= 4 is 39.7 Å². The Morgan fingerprint density at radius 1 is 1.31 bits per heavy atom. The molecule has 0 atom stereocenters. The number of carbonyl (C=O) groups is 1. The first-order chi connectivity index (χ1) is 7.81. The van der Waals surface area contributed by atoms with Gasteiger partial charge in [0.2, 0.25) is 0 Å². The maximum Gasteiger partial charge on any atom is 0.152 e. The number of thioether (sulfide) groups is 1. The van der Waals surface area contributed by atoms with E-state index in [1.54, 1.807) is 0 Å². The zero-order chi connectivity index (χ0) is 11.4. The van der Waals surface area contributed by atoms with Crippen LogP contribution in [0, 0.1) is 0 Å². The molecule has 1 aromatic carbocycles. The highest BCUT2D eigenvalue weighted by molar-refractivity contribution is 9.10. The summed E-state index contributed by atoms with van der Waals surface area (Å²) in [5, 5.41) is 0. The predicted molar refractivity (Wildman–Crippen MR) is 73.7 cm³/mol. The molecule has 0 N–H and O–H groups in total. The molecule has 0 aliphatic carbocycles. The van der Waals surface area contributed by atoms with Crippen LogP contribution in [0.3, 0.4) is 0 Å². The fourth-order valence-electron chi connectivity index (χ4n) is 1.89. The molecule has 1 heterocycles. The molecule has 1 aromatic rings. The minimum absolute atomic E-state index is 0.779. The van der Waals surface area contributed by atoms with E-state index in [0.29, 0.717) is 0 Å². The second-order valence-corrected chi connectivity index (χ2v) is 5.91. The van der Waals surface area contributed by atoms with Gasteiger partial charge in [0, 0.05) is 34.6 Å². The Morgan fingerprint density at radius 3 is 3.00 bits per heavy atom. The van der Waals surface area contributed by atoms with Gasteiger partial charge in [-0.05, 0) is 30.4 Å². The van der Waals surface area contributed by atoms with Crippen LogP contribution in [0.15, 0.2) is 22.7 Å². The van der Waals surface area contributed by atoms with Crippen LogP contribution in [0.1, 0.15) is 16.8 Å². The fraction of sp³-hybridized carbons (Fsp3) is 0.417. The van der Waals surface area contributed by atoms with E-state index in [-0.39, 0.29) is 0 Å². The summed E-state index contributed by atoms with van der Waals surface area (Å²) in [7, 11) is 0. The molecule has 0 bridgehead atoms. The van der Waals surface area contributed by atoms with Gasteiger partial charge in [0.1, 0.15) is 0 Å². The van der Waals surface area contributed by atoms with Gasteiger partial charge in [-0.1, -0.05) is 15.9 Å². The Hall–Kier alpha value is -0.480. The molecular formula is C12H14BrNOS. The highest BCUT2D eigenvalue weighted by atomic mass is 79.9. The number of hydrogen-bond donors (Lipinski definition) is 0. The molecule has 0 amide bonds. The lowest BCUT2D eigenvalue weighted by Gasteiger charge is -2.23. The molecule has 2 nitrogen and oxygen atoms in total. The van der Waals surface area contributed by atoms with E-state index in [2.05, 4.69) is 20.8 Å². The standard InChI is InChI=1S/C12H14BrNOS/c13-11-2-3-12(10(8-11)9-15)14-4-1-6-16-7-5-14/h2-3,8-9H,1,4-7H2. The van der Waals surface area contributed by atoms with Gasteiger partial charge in [0.25, 0.3) is 0 Å². The third-order valence-corrected chi connectivity index (χ3v) is 4.22. The van der Waals surface area contributed by atoms with Gasteiger partial charge in [0.15, 0.2) is 6.29 Å². The minimum atomic E-state index is 0.779. The van der Waals surface area contributed by atoms with Gasteiger partial charge >= 0.3 is 0 Å². The molecule has 1 aliphatic rings. The number of hydrogen-bond acceptors (Lipinski definition) is 3. The molecule has 1 saturated heterocycles. The molecule has 2 rings (SSSR count). The van der Waals surface area contributed by atoms with Crippen molar-refractivity contribution in [1.29, 1.82) is 0 Å². The topological polar surface area (TPSA) is 20.3 Å². The smallest absolute Gasteiger partial charge is 0.152 e. The molecule has 0 unspecified atom stereocenters. The monoisotopic (exact) mass is 299 g/mol. The SMILES string of the molecule is O=Cc1cc(Br)ccc1N1CCCSCC1.